The molecule has 0 aromatic carbocycles. The summed E-state index contributed by atoms with van der Waals surface area (Å²) >= 11 is 0. The van der Waals surface area contributed by atoms with Crippen LogP contribution < -0.4 is 0 Å². The van der Waals surface area contributed by atoms with E-state index in [1.54, 1.807) is 0 Å². The molecule has 0 saturated carbocycles. The SMILES string of the molecule is C=CN1CCC2(CCCN(C)C2)CC1. The van der Waals surface area contributed by atoms with Crippen molar-refractivity contribution in [2.45, 2.75) is 25.7 Å². The molecule has 2 nitrogen and oxygen atoms in total. The average Bonchev–Trinajstić information content (AvgIpc) is 2.19. The predicted molar refractivity (Wildman–Crippen MR) is 60.2 cm³/mol. The van der Waals surface area contributed by atoms with Crippen LogP contribution in [0.2, 0.25) is 0 Å². The zero-order valence-corrected chi connectivity index (χ0v) is 9.34. The molecule has 2 heterocycles. The van der Waals surface area contributed by atoms with E-state index < -0.39 is 0 Å². The van der Waals surface area contributed by atoms with E-state index in [9.17, 15) is 0 Å². The fourth-order valence-electron chi connectivity index (χ4n) is 3.04. The maximum atomic E-state index is 3.85. The van der Waals surface area contributed by atoms with Crippen molar-refractivity contribution < 1.29 is 0 Å². The van der Waals surface area contributed by atoms with Gasteiger partial charge in [-0.3, -0.25) is 0 Å². The van der Waals surface area contributed by atoms with E-state index in [4.69, 9.17) is 0 Å². The third-order valence-electron chi connectivity index (χ3n) is 3.97. The first kappa shape index (κ1) is 10.0. The van der Waals surface area contributed by atoms with Crippen LogP contribution in [0, 0.1) is 5.41 Å². The minimum absolute atomic E-state index is 0.645. The summed E-state index contributed by atoms with van der Waals surface area (Å²) in [5.74, 6) is 0. The van der Waals surface area contributed by atoms with Crippen molar-refractivity contribution >= 4 is 0 Å². The topological polar surface area (TPSA) is 6.48 Å². The molecule has 2 saturated heterocycles. The van der Waals surface area contributed by atoms with Crippen LogP contribution in [0.25, 0.3) is 0 Å². The number of piperidine rings is 2. The summed E-state index contributed by atoms with van der Waals surface area (Å²) in [4.78, 5) is 4.87. The van der Waals surface area contributed by atoms with Gasteiger partial charge < -0.3 is 9.80 Å². The zero-order valence-electron chi connectivity index (χ0n) is 9.34. The monoisotopic (exact) mass is 194 g/mol. The van der Waals surface area contributed by atoms with E-state index in [0.717, 1.165) is 0 Å². The molecule has 2 heteroatoms. The summed E-state index contributed by atoms with van der Waals surface area (Å²) in [6, 6.07) is 0. The van der Waals surface area contributed by atoms with Crippen molar-refractivity contribution in [1.29, 1.82) is 0 Å². The molecule has 0 aliphatic carbocycles. The Morgan fingerprint density at radius 2 is 1.86 bits per heavy atom. The Morgan fingerprint density at radius 3 is 2.43 bits per heavy atom. The Labute approximate surface area is 87.6 Å². The van der Waals surface area contributed by atoms with Crippen molar-refractivity contribution in [2.75, 3.05) is 33.2 Å². The standard InChI is InChI=1S/C12H22N2/c1-3-14-9-6-12(7-10-14)5-4-8-13(2)11-12/h3H,1,4-11H2,2H3. The first-order valence-corrected chi connectivity index (χ1v) is 5.79. The van der Waals surface area contributed by atoms with Gasteiger partial charge in [-0.1, -0.05) is 6.58 Å². The van der Waals surface area contributed by atoms with Gasteiger partial charge in [0.15, 0.2) is 0 Å². The van der Waals surface area contributed by atoms with Gasteiger partial charge in [0.25, 0.3) is 0 Å². The van der Waals surface area contributed by atoms with Gasteiger partial charge in [0.2, 0.25) is 0 Å². The van der Waals surface area contributed by atoms with Gasteiger partial charge in [-0.15, -0.1) is 0 Å². The summed E-state index contributed by atoms with van der Waals surface area (Å²) in [6.07, 6.45) is 7.57. The molecule has 0 atom stereocenters. The Balaban J connectivity index is 1.94. The van der Waals surface area contributed by atoms with Gasteiger partial charge in [-0.05, 0) is 50.9 Å². The van der Waals surface area contributed by atoms with Crippen molar-refractivity contribution in [1.82, 2.24) is 9.80 Å². The van der Waals surface area contributed by atoms with Gasteiger partial charge in [0.05, 0.1) is 0 Å². The van der Waals surface area contributed by atoms with Gasteiger partial charge >= 0.3 is 0 Å². The van der Waals surface area contributed by atoms with E-state index in [-0.39, 0.29) is 0 Å². The number of likely N-dealkylation sites (tertiary alicyclic amines) is 2. The van der Waals surface area contributed by atoms with Crippen LogP contribution >= 0.6 is 0 Å². The molecule has 80 valence electrons. The molecular weight excluding hydrogens is 172 g/mol. The highest BCUT2D eigenvalue weighted by molar-refractivity contribution is 4.92. The fraction of sp³-hybridized carbons (Fsp3) is 0.833. The lowest BCUT2D eigenvalue weighted by atomic mass is 9.72. The predicted octanol–water partition coefficient (Wildman–Crippen LogP) is 1.94. The second-order valence-electron chi connectivity index (χ2n) is 5.06. The van der Waals surface area contributed by atoms with E-state index in [2.05, 4.69) is 23.4 Å². The van der Waals surface area contributed by atoms with Gasteiger partial charge in [0.1, 0.15) is 0 Å². The lowest BCUT2D eigenvalue weighted by Crippen LogP contribution is -2.47. The van der Waals surface area contributed by atoms with Crippen LogP contribution in [0.5, 0.6) is 0 Å². The Kier molecular flexibility index (Phi) is 2.82. The highest BCUT2D eigenvalue weighted by Gasteiger charge is 2.36. The van der Waals surface area contributed by atoms with E-state index in [0.29, 0.717) is 5.41 Å². The molecule has 0 amide bonds. The van der Waals surface area contributed by atoms with Crippen LogP contribution in [0.1, 0.15) is 25.7 Å². The summed E-state index contributed by atoms with van der Waals surface area (Å²) in [5.41, 5.74) is 0.645. The molecule has 1 spiro atoms. The van der Waals surface area contributed by atoms with E-state index >= 15 is 0 Å². The van der Waals surface area contributed by atoms with Crippen LogP contribution in [0.3, 0.4) is 0 Å². The molecule has 2 fully saturated rings. The first-order valence-electron chi connectivity index (χ1n) is 5.79. The molecule has 2 rings (SSSR count). The van der Waals surface area contributed by atoms with Crippen molar-refractivity contribution in [3.8, 4) is 0 Å². The van der Waals surface area contributed by atoms with Crippen LogP contribution in [-0.2, 0) is 0 Å². The minimum atomic E-state index is 0.645. The summed E-state index contributed by atoms with van der Waals surface area (Å²) in [7, 11) is 2.26. The van der Waals surface area contributed by atoms with Crippen LogP contribution in [-0.4, -0.2) is 43.0 Å². The van der Waals surface area contributed by atoms with Gasteiger partial charge in [-0.2, -0.15) is 0 Å². The molecule has 2 aliphatic rings. The smallest absolute Gasteiger partial charge is 0.0178 e. The third kappa shape index (κ3) is 1.95. The second kappa shape index (κ2) is 3.93. The minimum Gasteiger partial charge on any atom is -0.378 e. The Bertz CT molecular complexity index is 204. The highest BCUT2D eigenvalue weighted by atomic mass is 15.1. The molecular formula is C12H22N2. The number of hydrogen-bond acceptors (Lipinski definition) is 2. The second-order valence-corrected chi connectivity index (χ2v) is 5.06. The summed E-state index contributed by atoms with van der Waals surface area (Å²) < 4.78 is 0. The molecule has 0 bridgehead atoms. The number of rotatable bonds is 1. The molecule has 0 N–H and O–H groups in total. The summed E-state index contributed by atoms with van der Waals surface area (Å²) in [5, 5.41) is 0. The summed E-state index contributed by atoms with van der Waals surface area (Å²) in [6.45, 7) is 8.90. The molecule has 0 aromatic heterocycles. The maximum Gasteiger partial charge on any atom is 0.0178 e. The zero-order chi connectivity index (χ0) is 10.0. The maximum absolute atomic E-state index is 3.85. The lowest BCUT2D eigenvalue weighted by molar-refractivity contribution is 0.0484. The van der Waals surface area contributed by atoms with Crippen LogP contribution in [0.15, 0.2) is 12.8 Å². The van der Waals surface area contributed by atoms with E-state index in [1.807, 2.05) is 6.20 Å². The molecule has 0 unspecified atom stereocenters. The largest absolute Gasteiger partial charge is 0.378 e. The molecule has 14 heavy (non-hydrogen) atoms. The Morgan fingerprint density at radius 1 is 1.14 bits per heavy atom. The van der Waals surface area contributed by atoms with Crippen LogP contribution in [0.4, 0.5) is 0 Å². The third-order valence-corrected chi connectivity index (χ3v) is 3.97. The van der Waals surface area contributed by atoms with Crippen molar-refractivity contribution in [3.05, 3.63) is 12.8 Å². The number of hydrogen-bond donors (Lipinski definition) is 0. The molecule has 0 aromatic rings. The molecule has 0 radical (unpaired) electrons. The van der Waals surface area contributed by atoms with Gasteiger partial charge in [-0.25, -0.2) is 0 Å². The number of nitrogens with zero attached hydrogens (tertiary/aromatic N) is 2. The first-order chi connectivity index (χ1) is 6.74. The van der Waals surface area contributed by atoms with Crippen molar-refractivity contribution in [3.63, 3.8) is 0 Å². The molecule has 2 aliphatic heterocycles. The highest BCUT2D eigenvalue weighted by Crippen LogP contribution is 2.39. The lowest BCUT2D eigenvalue weighted by Gasteiger charge is -2.46. The van der Waals surface area contributed by atoms with Gasteiger partial charge in [0, 0.05) is 19.6 Å². The van der Waals surface area contributed by atoms with E-state index in [1.165, 1.54) is 51.9 Å². The quantitative estimate of drug-likeness (QED) is 0.629. The fourth-order valence-corrected chi connectivity index (χ4v) is 3.04. The Hall–Kier alpha value is -0.500. The normalized spacial score (nSPS) is 27.9. The van der Waals surface area contributed by atoms with Crippen molar-refractivity contribution in [2.24, 2.45) is 5.41 Å². The average molecular weight is 194 g/mol.